The zero-order valence-electron chi connectivity index (χ0n) is 10.1. The highest BCUT2D eigenvalue weighted by molar-refractivity contribution is 5.18. The van der Waals surface area contributed by atoms with Gasteiger partial charge in [-0.1, -0.05) is 42.0 Å². The van der Waals surface area contributed by atoms with Gasteiger partial charge in [-0.25, -0.2) is 0 Å². The number of hydrogen-bond acceptors (Lipinski definition) is 1. The second kappa shape index (κ2) is 5.86. The van der Waals surface area contributed by atoms with Crippen LogP contribution in [-0.2, 0) is 0 Å². The fourth-order valence-corrected chi connectivity index (χ4v) is 2.27. The maximum absolute atomic E-state index is 3.58. The van der Waals surface area contributed by atoms with Gasteiger partial charge in [0, 0.05) is 6.04 Å². The van der Waals surface area contributed by atoms with Gasteiger partial charge >= 0.3 is 0 Å². The van der Waals surface area contributed by atoms with Crippen molar-refractivity contribution in [2.24, 2.45) is 0 Å². The van der Waals surface area contributed by atoms with Gasteiger partial charge in [-0.05, 0) is 44.7 Å². The Morgan fingerprint density at radius 2 is 2.06 bits per heavy atom. The fourth-order valence-electron chi connectivity index (χ4n) is 2.27. The van der Waals surface area contributed by atoms with E-state index in [1.807, 2.05) is 0 Å². The molecule has 1 aromatic carbocycles. The lowest BCUT2D eigenvalue weighted by Crippen LogP contribution is -2.20. The Labute approximate surface area is 98.6 Å². The van der Waals surface area contributed by atoms with Crippen LogP contribution < -0.4 is 5.32 Å². The summed E-state index contributed by atoms with van der Waals surface area (Å²) in [6.45, 7) is 3.33. The summed E-state index contributed by atoms with van der Waals surface area (Å²) in [6, 6.07) is 11.1. The summed E-state index contributed by atoms with van der Waals surface area (Å²) >= 11 is 0. The van der Waals surface area contributed by atoms with Gasteiger partial charge in [-0.3, -0.25) is 0 Å². The van der Waals surface area contributed by atoms with E-state index in [1.54, 1.807) is 5.57 Å². The third-order valence-corrected chi connectivity index (χ3v) is 3.33. The molecule has 1 nitrogen and oxygen atoms in total. The highest BCUT2D eigenvalue weighted by Crippen LogP contribution is 2.20. The minimum atomic E-state index is 0.461. The molecule has 1 aliphatic carbocycles. The van der Waals surface area contributed by atoms with Crippen molar-refractivity contribution < 1.29 is 0 Å². The number of hydrogen-bond donors (Lipinski definition) is 1. The van der Waals surface area contributed by atoms with Crippen molar-refractivity contribution in [3.8, 4) is 0 Å². The average molecular weight is 215 g/mol. The summed E-state index contributed by atoms with van der Waals surface area (Å²) in [5, 5.41) is 3.58. The normalized spacial score (nSPS) is 17.2. The van der Waals surface area contributed by atoms with Crippen molar-refractivity contribution in [3.63, 3.8) is 0 Å². The van der Waals surface area contributed by atoms with Gasteiger partial charge in [0.1, 0.15) is 0 Å². The molecule has 0 fully saturated rings. The summed E-state index contributed by atoms with van der Waals surface area (Å²) in [7, 11) is 0. The van der Waals surface area contributed by atoms with Gasteiger partial charge in [-0.15, -0.1) is 0 Å². The minimum Gasteiger partial charge on any atom is -0.310 e. The lowest BCUT2D eigenvalue weighted by molar-refractivity contribution is 0.573. The van der Waals surface area contributed by atoms with Crippen LogP contribution in [0.1, 0.15) is 44.2 Å². The molecular weight excluding hydrogens is 194 g/mol. The Balaban J connectivity index is 1.73. The van der Waals surface area contributed by atoms with E-state index in [9.17, 15) is 0 Å². The molecule has 0 saturated heterocycles. The van der Waals surface area contributed by atoms with E-state index in [2.05, 4.69) is 48.6 Å². The van der Waals surface area contributed by atoms with Crippen molar-refractivity contribution in [1.29, 1.82) is 0 Å². The molecule has 86 valence electrons. The van der Waals surface area contributed by atoms with Crippen LogP contribution in [0.25, 0.3) is 0 Å². The maximum Gasteiger partial charge on any atom is 0.0291 e. The van der Waals surface area contributed by atoms with Crippen molar-refractivity contribution in [3.05, 3.63) is 47.5 Å². The SMILES string of the molecule is CC(NCCC1=CCCC1)c1ccccc1. The first-order chi connectivity index (χ1) is 7.86. The first-order valence-corrected chi connectivity index (χ1v) is 6.32. The average Bonchev–Trinajstić information content (AvgIpc) is 2.83. The van der Waals surface area contributed by atoms with E-state index in [-0.39, 0.29) is 0 Å². The van der Waals surface area contributed by atoms with Crippen LogP contribution in [0.5, 0.6) is 0 Å². The van der Waals surface area contributed by atoms with E-state index < -0.39 is 0 Å². The predicted molar refractivity (Wildman–Crippen MR) is 69.4 cm³/mol. The largest absolute Gasteiger partial charge is 0.310 e. The first-order valence-electron chi connectivity index (χ1n) is 6.32. The number of allylic oxidation sites excluding steroid dienone is 1. The van der Waals surface area contributed by atoms with Crippen molar-refractivity contribution in [2.45, 2.75) is 38.6 Å². The Morgan fingerprint density at radius 3 is 2.75 bits per heavy atom. The van der Waals surface area contributed by atoms with E-state index in [1.165, 1.54) is 31.2 Å². The second-order valence-electron chi connectivity index (χ2n) is 4.59. The fraction of sp³-hybridized carbons (Fsp3) is 0.467. The molecule has 16 heavy (non-hydrogen) atoms. The number of nitrogens with one attached hydrogen (secondary N) is 1. The molecule has 1 aromatic rings. The minimum absolute atomic E-state index is 0.461. The zero-order chi connectivity index (χ0) is 11.2. The molecular formula is C15H21N. The molecule has 1 heteroatoms. The molecule has 1 aliphatic rings. The molecule has 0 radical (unpaired) electrons. The highest BCUT2D eigenvalue weighted by Gasteiger charge is 2.06. The number of rotatable bonds is 5. The van der Waals surface area contributed by atoms with Crippen molar-refractivity contribution in [1.82, 2.24) is 5.32 Å². The topological polar surface area (TPSA) is 12.0 Å². The van der Waals surface area contributed by atoms with Crippen molar-refractivity contribution in [2.75, 3.05) is 6.54 Å². The molecule has 0 bridgehead atoms. The third-order valence-electron chi connectivity index (χ3n) is 3.33. The number of benzene rings is 1. The Kier molecular flexibility index (Phi) is 4.17. The molecule has 1 unspecified atom stereocenters. The molecule has 2 rings (SSSR count). The molecule has 0 spiro atoms. The Hall–Kier alpha value is -1.08. The monoisotopic (exact) mass is 215 g/mol. The van der Waals surface area contributed by atoms with Crippen LogP contribution in [0, 0.1) is 0 Å². The summed E-state index contributed by atoms with van der Waals surface area (Å²) in [5.41, 5.74) is 3.02. The molecule has 1 atom stereocenters. The van der Waals surface area contributed by atoms with Gasteiger partial charge < -0.3 is 5.32 Å². The lowest BCUT2D eigenvalue weighted by Gasteiger charge is -2.14. The standard InChI is InChI=1S/C15H21N/c1-13(15-9-3-2-4-10-15)16-12-11-14-7-5-6-8-14/h2-4,7,9-10,13,16H,5-6,8,11-12H2,1H3. The van der Waals surface area contributed by atoms with Gasteiger partial charge in [0.2, 0.25) is 0 Å². The Morgan fingerprint density at radius 1 is 1.25 bits per heavy atom. The summed E-state index contributed by atoms with van der Waals surface area (Å²) in [5.74, 6) is 0. The lowest BCUT2D eigenvalue weighted by atomic mass is 10.1. The molecule has 1 N–H and O–H groups in total. The predicted octanol–water partition coefficient (Wildman–Crippen LogP) is 3.84. The first kappa shape index (κ1) is 11.4. The molecule has 0 aromatic heterocycles. The van der Waals surface area contributed by atoms with E-state index in [0.717, 1.165) is 6.54 Å². The van der Waals surface area contributed by atoms with Crippen LogP contribution >= 0.6 is 0 Å². The maximum atomic E-state index is 3.58. The van der Waals surface area contributed by atoms with Crippen LogP contribution in [0.4, 0.5) is 0 Å². The second-order valence-corrected chi connectivity index (χ2v) is 4.59. The smallest absolute Gasteiger partial charge is 0.0291 e. The summed E-state index contributed by atoms with van der Waals surface area (Å²) in [6.07, 6.45) is 7.61. The van der Waals surface area contributed by atoms with Crippen LogP contribution in [0.15, 0.2) is 42.0 Å². The van der Waals surface area contributed by atoms with E-state index in [4.69, 9.17) is 0 Å². The van der Waals surface area contributed by atoms with Gasteiger partial charge in [-0.2, -0.15) is 0 Å². The summed E-state index contributed by atoms with van der Waals surface area (Å²) < 4.78 is 0. The van der Waals surface area contributed by atoms with E-state index in [0.29, 0.717) is 6.04 Å². The van der Waals surface area contributed by atoms with Crippen LogP contribution in [0.2, 0.25) is 0 Å². The van der Waals surface area contributed by atoms with E-state index >= 15 is 0 Å². The molecule has 0 aliphatic heterocycles. The van der Waals surface area contributed by atoms with Gasteiger partial charge in [0.15, 0.2) is 0 Å². The molecule has 0 heterocycles. The summed E-state index contributed by atoms with van der Waals surface area (Å²) in [4.78, 5) is 0. The van der Waals surface area contributed by atoms with Crippen LogP contribution in [-0.4, -0.2) is 6.54 Å². The molecule has 0 saturated carbocycles. The van der Waals surface area contributed by atoms with Crippen molar-refractivity contribution >= 4 is 0 Å². The van der Waals surface area contributed by atoms with Crippen LogP contribution in [0.3, 0.4) is 0 Å². The Bertz CT molecular complexity index is 340. The quantitative estimate of drug-likeness (QED) is 0.736. The highest BCUT2D eigenvalue weighted by atomic mass is 14.9. The third kappa shape index (κ3) is 3.21. The van der Waals surface area contributed by atoms with Gasteiger partial charge in [0.05, 0.1) is 0 Å². The van der Waals surface area contributed by atoms with Gasteiger partial charge in [0.25, 0.3) is 0 Å². The molecule has 0 amide bonds. The zero-order valence-corrected chi connectivity index (χ0v) is 10.1.